The van der Waals surface area contributed by atoms with E-state index in [1.807, 2.05) is 48.5 Å². The van der Waals surface area contributed by atoms with Gasteiger partial charge in [-0.3, -0.25) is 24.5 Å². The molecule has 0 saturated heterocycles. The van der Waals surface area contributed by atoms with Gasteiger partial charge in [0, 0.05) is 45.7 Å². The number of nitrogens with zero attached hydrogens (tertiary/aromatic N) is 3. The van der Waals surface area contributed by atoms with Crippen LogP contribution in [-0.2, 0) is 0 Å². The van der Waals surface area contributed by atoms with E-state index in [4.69, 9.17) is 5.73 Å². The summed E-state index contributed by atoms with van der Waals surface area (Å²) in [7, 11) is 0. The van der Waals surface area contributed by atoms with Crippen molar-refractivity contribution < 1.29 is 9.59 Å². The van der Waals surface area contributed by atoms with Crippen LogP contribution in [-0.4, -0.2) is 48.7 Å². The number of primary amides is 1. The van der Waals surface area contributed by atoms with E-state index < -0.39 is 5.91 Å². The Balaban J connectivity index is 1.51. The van der Waals surface area contributed by atoms with Gasteiger partial charge in [0.25, 0.3) is 5.91 Å². The topological polar surface area (TPSA) is 112 Å². The lowest BCUT2D eigenvalue weighted by molar-refractivity contribution is 0.0998. The van der Waals surface area contributed by atoms with Crippen molar-refractivity contribution in [1.82, 2.24) is 10.6 Å². The lowest BCUT2D eigenvalue weighted by atomic mass is 10.1. The molecule has 182 valence electrons. The fourth-order valence-electron chi connectivity index (χ4n) is 4.31. The summed E-state index contributed by atoms with van der Waals surface area (Å²) in [6.45, 7) is 5.65. The average molecular weight is 481 g/mol. The van der Waals surface area contributed by atoms with Gasteiger partial charge in [-0.25, -0.2) is 0 Å². The summed E-state index contributed by atoms with van der Waals surface area (Å²) in [6, 6.07) is 22.5. The van der Waals surface area contributed by atoms with Gasteiger partial charge in [0.05, 0.1) is 13.1 Å². The predicted molar refractivity (Wildman–Crippen MR) is 142 cm³/mol. The van der Waals surface area contributed by atoms with Crippen molar-refractivity contribution in [2.45, 2.75) is 25.9 Å². The first-order valence-electron chi connectivity index (χ1n) is 12.0. The first kappa shape index (κ1) is 23.3. The minimum atomic E-state index is -0.581. The molecule has 0 radical (unpaired) electrons. The molecular weight excluding hydrogens is 452 g/mol. The molecule has 0 saturated carbocycles. The second kappa shape index (κ2) is 9.65. The van der Waals surface area contributed by atoms with Crippen LogP contribution in [0.25, 0.3) is 0 Å². The molecule has 8 nitrogen and oxygen atoms in total. The lowest BCUT2D eigenvalue weighted by Gasteiger charge is -2.24. The second-order valence-electron chi connectivity index (χ2n) is 9.15. The molecule has 0 aromatic heterocycles. The minimum Gasteiger partial charge on any atom is -0.366 e. The number of carbonyl (C=O) groups excluding carboxylic acids is 2. The molecule has 0 fully saturated rings. The fourth-order valence-corrected chi connectivity index (χ4v) is 4.31. The van der Waals surface area contributed by atoms with Crippen LogP contribution in [0.3, 0.4) is 0 Å². The van der Waals surface area contributed by atoms with Crippen molar-refractivity contribution in [2.24, 2.45) is 15.7 Å². The third-order valence-electron chi connectivity index (χ3n) is 6.21. The Kier molecular flexibility index (Phi) is 6.25. The van der Waals surface area contributed by atoms with Crippen LogP contribution in [0, 0.1) is 0 Å². The Morgan fingerprint density at radius 3 is 1.67 bits per heavy atom. The predicted octanol–water partition coefficient (Wildman–Crippen LogP) is 3.24. The van der Waals surface area contributed by atoms with E-state index >= 15 is 0 Å². The standard InChI is InChI=1S/C28H28N6O2/c1-17-15-30-26(32-17)19-6-10-23(11-7-19)34(28(36)22-5-3-4-21(14-22)25(29)35)24-12-8-20(9-13-24)27-31-16-18(2)33-27/h3-14,17-18H,15-16H2,1-2H3,(H2,29,35)(H,30,32)(H,31,33). The van der Waals surface area contributed by atoms with Crippen molar-refractivity contribution in [2.75, 3.05) is 18.0 Å². The molecule has 2 unspecified atom stereocenters. The van der Waals surface area contributed by atoms with E-state index in [9.17, 15) is 9.59 Å². The first-order valence-corrected chi connectivity index (χ1v) is 12.0. The molecule has 0 spiro atoms. The molecule has 4 N–H and O–H groups in total. The Morgan fingerprint density at radius 1 is 0.778 bits per heavy atom. The molecule has 0 bridgehead atoms. The normalized spacial score (nSPS) is 18.6. The smallest absolute Gasteiger partial charge is 0.262 e. The highest BCUT2D eigenvalue weighted by molar-refractivity contribution is 6.12. The van der Waals surface area contributed by atoms with Gasteiger partial charge in [0.2, 0.25) is 5.91 Å². The monoisotopic (exact) mass is 480 g/mol. The number of rotatable bonds is 6. The summed E-state index contributed by atoms with van der Waals surface area (Å²) in [6.07, 6.45) is 0. The Bertz CT molecular complexity index is 1290. The highest BCUT2D eigenvalue weighted by atomic mass is 16.2. The molecule has 2 aliphatic heterocycles. The van der Waals surface area contributed by atoms with Gasteiger partial charge in [-0.05, 0) is 80.6 Å². The van der Waals surface area contributed by atoms with Crippen LogP contribution in [0.15, 0.2) is 82.8 Å². The zero-order chi connectivity index (χ0) is 25.2. The zero-order valence-electron chi connectivity index (χ0n) is 20.2. The van der Waals surface area contributed by atoms with Crippen molar-refractivity contribution in [1.29, 1.82) is 0 Å². The molecule has 2 amide bonds. The average Bonchev–Trinajstić information content (AvgIpc) is 3.53. The van der Waals surface area contributed by atoms with Crippen molar-refractivity contribution in [3.05, 3.63) is 95.1 Å². The molecule has 2 atom stereocenters. The molecule has 3 aromatic rings. The SMILES string of the molecule is CC1CN=C(c2ccc(N(C(=O)c3cccc(C(N)=O)c3)c3ccc(C4=NCC(C)N4)cc3)cc2)N1. The second-order valence-corrected chi connectivity index (χ2v) is 9.15. The third kappa shape index (κ3) is 4.70. The largest absolute Gasteiger partial charge is 0.366 e. The number of benzene rings is 3. The first-order chi connectivity index (χ1) is 17.4. The summed E-state index contributed by atoms with van der Waals surface area (Å²) in [5, 5.41) is 6.72. The number of aliphatic imine (C=N–C) groups is 2. The van der Waals surface area contributed by atoms with Crippen molar-refractivity contribution >= 4 is 34.9 Å². The maximum Gasteiger partial charge on any atom is 0.262 e. The number of nitrogens with one attached hydrogen (secondary N) is 2. The van der Waals surface area contributed by atoms with E-state index in [0.29, 0.717) is 29.0 Å². The minimum absolute atomic E-state index is 0.270. The molecular formula is C28H28N6O2. The summed E-state index contributed by atoms with van der Waals surface area (Å²) in [5.41, 5.74) is 9.41. The highest BCUT2D eigenvalue weighted by Crippen LogP contribution is 2.29. The van der Waals surface area contributed by atoms with Crippen molar-refractivity contribution in [3.63, 3.8) is 0 Å². The van der Waals surface area contributed by atoms with Crippen LogP contribution in [0.2, 0.25) is 0 Å². The van der Waals surface area contributed by atoms with Crippen LogP contribution in [0.1, 0.15) is 45.7 Å². The number of amidine groups is 2. The quantitative estimate of drug-likeness (QED) is 0.503. The molecule has 5 rings (SSSR count). The molecule has 2 heterocycles. The van der Waals surface area contributed by atoms with Crippen LogP contribution in [0.4, 0.5) is 11.4 Å². The Morgan fingerprint density at radius 2 is 1.25 bits per heavy atom. The lowest BCUT2D eigenvalue weighted by Crippen LogP contribution is -2.29. The van der Waals surface area contributed by atoms with E-state index in [1.54, 1.807) is 23.1 Å². The molecule has 2 aliphatic rings. The maximum atomic E-state index is 13.8. The van der Waals surface area contributed by atoms with Crippen LogP contribution < -0.4 is 21.3 Å². The summed E-state index contributed by atoms with van der Waals surface area (Å²) >= 11 is 0. The number of carbonyl (C=O) groups is 2. The molecule has 0 aliphatic carbocycles. The van der Waals surface area contributed by atoms with Crippen molar-refractivity contribution in [3.8, 4) is 0 Å². The summed E-state index contributed by atoms with van der Waals surface area (Å²) in [5.74, 6) is 0.852. The summed E-state index contributed by atoms with van der Waals surface area (Å²) < 4.78 is 0. The van der Waals surface area contributed by atoms with Gasteiger partial charge in [-0.15, -0.1) is 0 Å². The maximum absolute atomic E-state index is 13.8. The van der Waals surface area contributed by atoms with Gasteiger partial charge in [-0.2, -0.15) is 0 Å². The molecule has 36 heavy (non-hydrogen) atoms. The summed E-state index contributed by atoms with van der Waals surface area (Å²) in [4.78, 5) is 36.2. The number of hydrogen-bond donors (Lipinski definition) is 3. The van der Waals surface area contributed by atoms with E-state index in [-0.39, 0.29) is 11.5 Å². The number of hydrogen-bond acceptors (Lipinski definition) is 6. The third-order valence-corrected chi connectivity index (χ3v) is 6.21. The number of amides is 2. The molecule has 8 heteroatoms. The Hall–Kier alpha value is -4.46. The van der Waals surface area contributed by atoms with Gasteiger partial charge >= 0.3 is 0 Å². The van der Waals surface area contributed by atoms with Crippen LogP contribution in [0.5, 0.6) is 0 Å². The highest BCUT2D eigenvalue weighted by Gasteiger charge is 2.23. The van der Waals surface area contributed by atoms with Gasteiger partial charge in [0.1, 0.15) is 11.7 Å². The van der Waals surface area contributed by atoms with Gasteiger partial charge in [-0.1, -0.05) is 6.07 Å². The Labute approximate surface area is 209 Å². The number of nitrogens with two attached hydrogens (primary N) is 1. The van der Waals surface area contributed by atoms with E-state index in [1.165, 1.54) is 6.07 Å². The van der Waals surface area contributed by atoms with Gasteiger partial charge in [0.15, 0.2) is 0 Å². The molecule has 3 aromatic carbocycles. The van der Waals surface area contributed by atoms with Crippen LogP contribution >= 0.6 is 0 Å². The fraction of sp³-hybridized carbons (Fsp3) is 0.214. The zero-order valence-corrected chi connectivity index (χ0v) is 20.2. The number of anilines is 2. The van der Waals surface area contributed by atoms with E-state index in [0.717, 1.165) is 35.9 Å². The van der Waals surface area contributed by atoms with Gasteiger partial charge < -0.3 is 16.4 Å². The van der Waals surface area contributed by atoms with E-state index in [2.05, 4.69) is 34.5 Å².